The molecule has 0 radical (unpaired) electrons. The minimum absolute atomic E-state index is 0.0495. The van der Waals surface area contributed by atoms with Crippen molar-refractivity contribution in [3.8, 4) is 0 Å². The molecule has 3 aromatic rings. The Morgan fingerprint density at radius 3 is 1.51 bits per heavy atom. The summed E-state index contributed by atoms with van der Waals surface area (Å²) in [5, 5.41) is 18.2. The molecule has 1 aliphatic rings. The van der Waals surface area contributed by atoms with Crippen molar-refractivity contribution in [2.45, 2.75) is 71.1 Å². The number of rotatable bonds is 22. The standard InChI is InChI=1S/C39H51F6N15O4S3/c40-38(41,42)20-15-24(55-29(61)5-1-3-11-52-33(48)49)31(65-13-9-46)26(17-20)57-35(63)54-22-7-8-23-28(19-22)67-37(59-23)60-36(64)58-27-18-21(39(43,44)45)16-25(32(27)66-14-10-47)56-30(62)6-2-4-12-53-34(50)51/h7-8,15-19,37,59H,1-6,9-14,46-47H2,(H,55,61)(H,56,62)(H4,48,49,52)(H4,50,51,53)(H2,54,57,63)(H2,58,60,64). The summed E-state index contributed by atoms with van der Waals surface area (Å²) >= 11 is 3.12. The number of benzene rings is 3. The smallest absolute Gasteiger partial charge is 0.370 e. The molecule has 67 heavy (non-hydrogen) atoms. The fourth-order valence-electron chi connectivity index (χ4n) is 5.97. The molecule has 1 atom stereocenters. The molecule has 0 aliphatic carbocycles. The van der Waals surface area contributed by atoms with Crippen LogP contribution in [-0.2, 0) is 21.9 Å². The maximum atomic E-state index is 14.1. The SMILES string of the molecule is NCCSc1c(NC(=O)CCCCN=C(N)N)cc(C(F)(F)F)cc1NC(=O)Nc1ccc2c(c1)SC(NC(=O)Nc1cc(C(F)(F)F)cc(NC(=O)CCCCN=C(N)N)c1SCCN)N2. The normalized spacial score (nSPS) is 13.1. The van der Waals surface area contributed by atoms with Crippen LogP contribution in [0.1, 0.15) is 49.7 Å². The maximum absolute atomic E-state index is 14.1. The predicted octanol–water partition coefficient (Wildman–Crippen LogP) is 5.86. The van der Waals surface area contributed by atoms with Crippen LogP contribution in [0.4, 0.5) is 70.1 Å². The monoisotopic (exact) mass is 1000 g/mol. The summed E-state index contributed by atoms with van der Waals surface area (Å²) in [5.41, 5.74) is 29.3. The number of thioether (sulfide) groups is 3. The molecule has 0 fully saturated rings. The van der Waals surface area contributed by atoms with Crippen LogP contribution in [0.15, 0.2) is 67.1 Å². The van der Waals surface area contributed by atoms with Gasteiger partial charge in [0, 0.05) is 61.1 Å². The molecule has 0 bridgehead atoms. The van der Waals surface area contributed by atoms with Gasteiger partial charge in [0.15, 0.2) is 17.4 Å². The van der Waals surface area contributed by atoms with Gasteiger partial charge in [0.1, 0.15) is 0 Å². The van der Waals surface area contributed by atoms with E-state index in [4.69, 9.17) is 34.4 Å². The Labute approximate surface area is 393 Å². The Kier molecular flexibility index (Phi) is 20.2. The van der Waals surface area contributed by atoms with Crippen molar-refractivity contribution in [1.82, 2.24) is 5.32 Å². The summed E-state index contributed by atoms with van der Waals surface area (Å²) in [6.07, 6.45) is -8.25. The molecule has 4 rings (SSSR count). The zero-order valence-corrected chi connectivity index (χ0v) is 38.0. The minimum atomic E-state index is -4.85. The van der Waals surface area contributed by atoms with Crippen molar-refractivity contribution < 1.29 is 45.5 Å². The lowest BCUT2D eigenvalue weighted by Gasteiger charge is -2.20. The van der Waals surface area contributed by atoms with Crippen molar-refractivity contribution in [2.75, 3.05) is 69.6 Å². The van der Waals surface area contributed by atoms with Gasteiger partial charge in [-0.05, 0) is 68.1 Å². The molecule has 28 heteroatoms. The summed E-state index contributed by atoms with van der Waals surface area (Å²) in [5.74, 6) is -0.934. The van der Waals surface area contributed by atoms with Crippen LogP contribution in [-0.4, -0.2) is 79.0 Å². The second kappa shape index (κ2) is 25.2. The third kappa shape index (κ3) is 17.6. The van der Waals surface area contributed by atoms with Gasteiger partial charge in [-0.3, -0.25) is 19.6 Å². The first-order valence-corrected chi connectivity index (χ1v) is 23.1. The largest absolute Gasteiger partial charge is 0.416 e. The number of carbonyl (C=O) groups excluding carboxylic acids is 4. The molecule has 0 saturated heterocycles. The van der Waals surface area contributed by atoms with E-state index >= 15 is 0 Å². The number of unbranched alkanes of at least 4 members (excludes halogenated alkanes) is 2. The predicted molar refractivity (Wildman–Crippen MR) is 253 cm³/mol. The third-order valence-electron chi connectivity index (χ3n) is 8.85. The maximum Gasteiger partial charge on any atom is 0.416 e. The number of nitrogens with zero attached hydrogens (tertiary/aromatic N) is 2. The number of nitrogens with one attached hydrogen (secondary N) is 7. The summed E-state index contributed by atoms with van der Waals surface area (Å²) < 4.78 is 84.6. The quantitative estimate of drug-likeness (QED) is 0.0185. The number of anilines is 6. The molecule has 19 N–H and O–H groups in total. The van der Waals surface area contributed by atoms with Gasteiger partial charge in [0.25, 0.3) is 0 Å². The van der Waals surface area contributed by atoms with Gasteiger partial charge >= 0.3 is 24.4 Å². The van der Waals surface area contributed by atoms with Crippen molar-refractivity contribution in [1.29, 1.82) is 0 Å². The lowest BCUT2D eigenvalue weighted by molar-refractivity contribution is -0.138. The number of guanidine groups is 2. The summed E-state index contributed by atoms with van der Waals surface area (Å²) in [4.78, 5) is 60.7. The van der Waals surface area contributed by atoms with Gasteiger partial charge in [-0.15, -0.1) is 23.5 Å². The molecule has 1 unspecified atom stereocenters. The number of alkyl halides is 6. The first-order valence-electron chi connectivity index (χ1n) is 20.3. The number of aliphatic imine (C=N–C) groups is 2. The first-order chi connectivity index (χ1) is 31.7. The number of fused-ring (bicyclic) bond motifs is 1. The second-order valence-electron chi connectivity index (χ2n) is 14.2. The van der Waals surface area contributed by atoms with Gasteiger partial charge in [0.05, 0.1) is 49.4 Å². The molecular formula is C39H51F6N15O4S3. The van der Waals surface area contributed by atoms with E-state index in [0.29, 0.717) is 36.3 Å². The van der Waals surface area contributed by atoms with Crippen molar-refractivity contribution in [3.63, 3.8) is 0 Å². The van der Waals surface area contributed by atoms with Crippen LogP contribution in [0.3, 0.4) is 0 Å². The Morgan fingerprint density at radius 2 is 1.07 bits per heavy atom. The number of hydrogen-bond acceptors (Lipinski definition) is 12. The lowest BCUT2D eigenvalue weighted by Crippen LogP contribution is -2.39. The number of carbonyl (C=O) groups is 4. The molecule has 6 amide bonds. The van der Waals surface area contributed by atoms with Gasteiger partial charge in [0.2, 0.25) is 11.8 Å². The van der Waals surface area contributed by atoms with Gasteiger partial charge < -0.3 is 71.6 Å². The highest BCUT2D eigenvalue weighted by atomic mass is 32.2. The van der Waals surface area contributed by atoms with Crippen LogP contribution >= 0.6 is 35.3 Å². The van der Waals surface area contributed by atoms with E-state index < -0.39 is 52.9 Å². The molecule has 1 heterocycles. The van der Waals surface area contributed by atoms with Crippen LogP contribution < -0.4 is 71.6 Å². The number of amides is 6. The second-order valence-corrected chi connectivity index (χ2v) is 17.6. The topological polar surface area (TPSA) is 333 Å². The lowest BCUT2D eigenvalue weighted by atomic mass is 10.1. The number of hydrogen-bond donors (Lipinski definition) is 13. The minimum Gasteiger partial charge on any atom is -0.370 e. The van der Waals surface area contributed by atoms with Gasteiger partial charge in [-0.25, -0.2) is 9.59 Å². The molecule has 1 aliphatic heterocycles. The van der Waals surface area contributed by atoms with Crippen LogP contribution in [0.25, 0.3) is 0 Å². The summed E-state index contributed by atoms with van der Waals surface area (Å²) in [6, 6.07) is 5.74. The van der Waals surface area contributed by atoms with Crippen LogP contribution in [0.5, 0.6) is 0 Å². The zero-order chi connectivity index (χ0) is 49.3. The molecule has 3 aromatic carbocycles. The number of nitrogens with two attached hydrogens (primary N) is 6. The molecule has 0 spiro atoms. The summed E-state index contributed by atoms with van der Waals surface area (Å²) in [6.45, 7) is 0.767. The van der Waals surface area contributed by atoms with Crippen molar-refractivity contribution >= 4 is 105 Å². The zero-order valence-electron chi connectivity index (χ0n) is 35.6. The highest BCUT2D eigenvalue weighted by molar-refractivity contribution is 8.00. The average Bonchev–Trinajstić information content (AvgIpc) is 3.63. The highest BCUT2D eigenvalue weighted by Crippen LogP contribution is 2.44. The Morgan fingerprint density at radius 1 is 0.627 bits per heavy atom. The average molecular weight is 1000 g/mol. The summed E-state index contributed by atoms with van der Waals surface area (Å²) in [7, 11) is 0. The van der Waals surface area contributed by atoms with E-state index in [2.05, 4.69) is 47.2 Å². The Bertz CT molecular complexity index is 2300. The van der Waals surface area contributed by atoms with Gasteiger partial charge in [-0.2, -0.15) is 26.3 Å². The number of halogens is 6. The molecule has 366 valence electrons. The van der Waals surface area contributed by atoms with E-state index in [-0.39, 0.29) is 101 Å². The Balaban J connectivity index is 1.46. The van der Waals surface area contributed by atoms with Gasteiger partial charge in [-0.1, -0.05) is 11.8 Å². The van der Waals surface area contributed by atoms with E-state index in [1.165, 1.54) is 12.1 Å². The third-order valence-corrected chi connectivity index (χ3v) is 12.3. The first kappa shape index (κ1) is 53.6. The molecular weight excluding hydrogens is 953 g/mol. The van der Waals surface area contributed by atoms with Crippen molar-refractivity contribution in [3.05, 3.63) is 53.6 Å². The molecule has 19 nitrogen and oxygen atoms in total. The molecule has 0 aromatic heterocycles. The molecule has 0 saturated carbocycles. The van der Waals surface area contributed by atoms with E-state index in [1.807, 2.05) is 0 Å². The fraction of sp³-hybridized carbons (Fsp3) is 0.385. The van der Waals surface area contributed by atoms with E-state index in [0.717, 1.165) is 59.6 Å². The van der Waals surface area contributed by atoms with Crippen molar-refractivity contribution in [2.24, 2.45) is 44.4 Å². The van der Waals surface area contributed by atoms with Crippen LogP contribution in [0.2, 0.25) is 0 Å². The van der Waals surface area contributed by atoms with E-state index in [1.54, 1.807) is 6.07 Å². The number of urea groups is 2. The van der Waals surface area contributed by atoms with Crippen LogP contribution in [0, 0.1) is 0 Å². The highest BCUT2D eigenvalue weighted by Gasteiger charge is 2.35. The van der Waals surface area contributed by atoms with E-state index in [9.17, 15) is 45.5 Å². The Hall–Kier alpha value is -5.97. The fourth-order valence-corrected chi connectivity index (χ4v) is 8.73.